The van der Waals surface area contributed by atoms with Gasteiger partial charge in [-0.2, -0.15) is 0 Å². The van der Waals surface area contributed by atoms with Crippen LogP contribution in [0.5, 0.6) is 0 Å². The van der Waals surface area contributed by atoms with E-state index in [2.05, 4.69) is 17.5 Å². The summed E-state index contributed by atoms with van der Waals surface area (Å²) in [6.07, 6.45) is 7.10. The maximum absolute atomic E-state index is 12.5. The number of nitrogens with one attached hydrogen (secondary N) is 1. The van der Waals surface area contributed by atoms with Gasteiger partial charge in [0.1, 0.15) is 0 Å². The monoisotopic (exact) mass is 321 g/mol. The fourth-order valence-corrected chi connectivity index (χ4v) is 3.44. The number of aliphatic carboxylic acids is 1. The van der Waals surface area contributed by atoms with E-state index in [0.717, 1.165) is 19.3 Å². The minimum Gasteiger partial charge on any atom is -0.549 e. The van der Waals surface area contributed by atoms with Crippen LogP contribution in [0, 0.1) is 5.92 Å². The van der Waals surface area contributed by atoms with Gasteiger partial charge in [0.2, 0.25) is 5.91 Å². The third-order valence-electron chi connectivity index (χ3n) is 4.95. The van der Waals surface area contributed by atoms with Gasteiger partial charge in [0, 0.05) is 11.0 Å². The summed E-state index contributed by atoms with van der Waals surface area (Å²) in [5, 5.41) is 14.7. The quantitative estimate of drug-likeness (QED) is 0.532. The molecule has 0 aliphatic heterocycles. The smallest absolute Gasteiger partial charge is 0.549 e. The van der Waals surface area contributed by atoms with Crippen LogP contribution in [0.25, 0.3) is 0 Å². The molecule has 0 bridgehead atoms. The van der Waals surface area contributed by atoms with Crippen molar-refractivity contribution in [3.8, 4) is 0 Å². The summed E-state index contributed by atoms with van der Waals surface area (Å²) in [4.78, 5) is 24.2. The molecule has 4 nitrogen and oxygen atoms in total. The normalized spacial score (nSPS) is 31.8. The fourth-order valence-electron chi connectivity index (χ4n) is 3.44. The number of amides is 1. The molecular weight excluding hydrogens is 301 g/mol. The molecule has 1 aromatic carbocycles. The number of hydrogen-bond acceptors (Lipinski definition) is 3. The Morgan fingerprint density at radius 3 is 2.48 bits per heavy atom. The van der Waals surface area contributed by atoms with Gasteiger partial charge in [0.25, 0.3) is 0 Å². The van der Waals surface area contributed by atoms with Crippen molar-refractivity contribution in [2.75, 3.05) is 0 Å². The zero-order valence-corrected chi connectivity index (χ0v) is 15.7. The molecule has 0 radical (unpaired) electrons. The molecular formula is C18H20NNaO3. The Kier molecular flexibility index (Phi) is 5.39. The van der Waals surface area contributed by atoms with E-state index in [-0.39, 0.29) is 41.0 Å². The first-order valence-electron chi connectivity index (χ1n) is 7.72. The molecule has 1 fully saturated rings. The van der Waals surface area contributed by atoms with Gasteiger partial charge in [0.15, 0.2) is 0 Å². The molecule has 0 heterocycles. The van der Waals surface area contributed by atoms with Gasteiger partial charge in [-0.05, 0) is 38.2 Å². The molecule has 1 amide bonds. The van der Waals surface area contributed by atoms with Crippen LogP contribution in [0.4, 0.5) is 0 Å². The molecule has 1 aromatic rings. The van der Waals surface area contributed by atoms with Crippen molar-refractivity contribution in [1.82, 2.24) is 5.32 Å². The largest absolute Gasteiger partial charge is 1.00 e. The second-order valence-electron chi connectivity index (χ2n) is 6.65. The van der Waals surface area contributed by atoms with E-state index in [0.29, 0.717) is 12.0 Å². The van der Waals surface area contributed by atoms with Crippen LogP contribution in [0.1, 0.15) is 38.2 Å². The SMILES string of the molecule is CC1(NC(=O)[C@@H]2C[C@@]2(C(=O)[O-])c2ccccc2)CC=CCC1.[Na+]. The van der Waals surface area contributed by atoms with Crippen molar-refractivity contribution in [2.45, 2.75) is 43.6 Å². The van der Waals surface area contributed by atoms with Gasteiger partial charge < -0.3 is 15.2 Å². The van der Waals surface area contributed by atoms with Crippen molar-refractivity contribution in [3.63, 3.8) is 0 Å². The predicted molar refractivity (Wildman–Crippen MR) is 80.8 cm³/mol. The topological polar surface area (TPSA) is 69.2 Å². The number of carbonyl (C=O) groups excluding carboxylic acids is 2. The number of hydrogen-bond donors (Lipinski definition) is 1. The predicted octanol–water partition coefficient (Wildman–Crippen LogP) is -1.69. The molecule has 116 valence electrons. The molecule has 0 aromatic heterocycles. The van der Waals surface area contributed by atoms with Crippen LogP contribution in [-0.4, -0.2) is 17.4 Å². The second kappa shape index (κ2) is 6.80. The number of carbonyl (C=O) groups is 2. The number of carboxylic acid groups (broad SMARTS) is 1. The summed E-state index contributed by atoms with van der Waals surface area (Å²) in [5.41, 5.74) is -0.779. The minimum absolute atomic E-state index is 0. The Morgan fingerprint density at radius 2 is 1.91 bits per heavy atom. The molecule has 3 atom stereocenters. The average Bonchev–Trinajstić information content (AvgIpc) is 3.25. The molecule has 0 spiro atoms. The molecule has 2 aliphatic rings. The van der Waals surface area contributed by atoms with Crippen molar-refractivity contribution >= 4 is 11.9 Å². The first-order chi connectivity index (χ1) is 10.5. The van der Waals surface area contributed by atoms with E-state index in [1.165, 1.54) is 0 Å². The van der Waals surface area contributed by atoms with Gasteiger partial charge in [-0.15, -0.1) is 0 Å². The number of allylic oxidation sites excluding steroid dienone is 1. The van der Waals surface area contributed by atoms with Crippen LogP contribution in [-0.2, 0) is 15.0 Å². The van der Waals surface area contributed by atoms with E-state index < -0.39 is 17.3 Å². The minimum atomic E-state index is -1.16. The van der Waals surface area contributed by atoms with Crippen LogP contribution in [0.3, 0.4) is 0 Å². The number of rotatable bonds is 4. The number of carboxylic acids is 1. The summed E-state index contributed by atoms with van der Waals surface area (Å²) in [7, 11) is 0. The van der Waals surface area contributed by atoms with Gasteiger partial charge in [-0.3, -0.25) is 4.79 Å². The van der Waals surface area contributed by atoms with Crippen molar-refractivity contribution in [3.05, 3.63) is 48.0 Å². The summed E-state index contributed by atoms with van der Waals surface area (Å²) in [5.74, 6) is -1.87. The van der Waals surface area contributed by atoms with Crippen LogP contribution < -0.4 is 40.0 Å². The van der Waals surface area contributed by atoms with Gasteiger partial charge in [-0.1, -0.05) is 42.5 Å². The molecule has 1 saturated carbocycles. The summed E-state index contributed by atoms with van der Waals surface area (Å²) in [6.45, 7) is 2.01. The fraction of sp³-hybridized carbons (Fsp3) is 0.444. The molecule has 3 rings (SSSR count). The van der Waals surface area contributed by atoms with E-state index in [1.807, 2.05) is 13.0 Å². The summed E-state index contributed by atoms with van der Waals surface area (Å²) >= 11 is 0. The maximum Gasteiger partial charge on any atom is 1.00 e. The zero-order chi connectivity index (χ0) is 15.8. The van der Waals surface area contributed by atoms with E-state index in [9.17, 15) is 14.7 Å². The Hall–Kier alpha value is -1.10. The third kappa shape index (κ3) is 3.39. The second-order valence-corrected chi connectivity index (χ2v) is 6.65. The Labute approximate surface area is 158 Å². The van der Waals surface area contributed by atoms with Crippen LogP contribution >= 0.6 is 0 Å². The van der Waals surface area contributed by atoms with Gasteiger partial charge in [-0.25, -0.2) is 0 Å². The molecule has 1 N–H and O–H groups in total. The van der Waals surface area contributed by atoms with Crippen LogP contribution in [0.15, 0.2) is 42.5 Å². The summed E-state index contributed by atoms with van der Waals surface area (Å²) in [6, 6.07) is 8.93. The zero-order valence-electron chi connectivity index (χ0n) is 13.7. The van der Waals surface area contributed by atoms with Gasteiger partial charge >= 0.3 is 29.6 Å². The van der Waals surface area contributed by atoms with Crippen molar-refractivity contribution < 1.29 is 44.3 Å². The Bertz CT molecular complexity index is 630. The molecule has 5 heteroatoms. The Balaban J connectivity index is 0.00000192. The molecule has 1 unspecified atom stereocenters. The molecule has 2 aliphatic carbocycles. The number of benzene rings is 1. The standard InChI is InChI=1S/C18H21NO3.Na/c1-17(10-6-3-7-11-17)19-15(20)14-12-18(14,16(21)22)13-8-4-2-5-9-13;/h2-6,8-9,14H,7,10-12H2,1H3,(H,19,20)(H,21,22);/q;+1/p-1/t14-,17?,18+;/m0./s1. The van der Waals surface area contributed by atoms with Crippen molar-refractivity contribution in [2.24, 2.45) is 5.92 Å². The van der Waals surface area contributed by atoms with Gasteiger partial charge in [0.05, 0.1) is 11.9 Å². The van der Waals surface area contributed by atoms with E-state index >= 15 is 0 Å². The van der Waals surface area contributed by atoms with Crippen molar-refractivity contribution in [1.29, 1.82) is 0 Å². The summed E-state index contributed by atoms with van der Waals surface area (Å²) < 4.78 is 0. The third-order valence-corrected chi connectivity index (χ3v) is 4.95. The first kappa shape index (κ1) is 18.2. The Morgan fingerprint density at radius 1 is 1.22 bits per heavy atom. The maximum atomic E-state index is 12.5. The molecule has 0 saturated heterocycles. The average molecular weight is 321 g/mol. The van der Waals surface area contributed by atoms with Crippen LogP contribution in [0.2, 0.25) is 0 Å². The first-order valence-corrected chi connectivity index (χ1v) is 7.72. The van der Waals surface area contributed by atoms with E-state index in [1.54, 1.807) is 24.3 Å². The molecule has 23 heavy (non-hydrogen) atoms. The van der Waals surface area contributed by atoms with E-state index in [4.69, 9.17) is 0 Å².